The molecule has 1 fully saturated rings. The van der Waals surface area contributed by atoms with E-state index >= 15 is 0 Å². The van der Waals surface area contributed by atoms with Gasteiger partial charge in [-0.1, -0.05) is 6.07 Å². The highest BCUT2D eigenvalue weighted by Gasteiger charge is 2.24. The van der Waals surface area contributed by atoms with Gasteiger partial charge in [0.1, 0.15) is 0 Å². The number of aryl methyl sites for hydroxylation is 1. The van der Waals surface area contributed by atoms with Crippen LogP contribution in [0.1, 0.15) is 43.0 Å². The smallest absolute Gasteiger partial charge is 0.0699 e. The van der Waals surface area contributed by atoms with Crippen LogP contribution in [0.4, 0.5) is 0 Å². The Morgan fingerprint density at radius 2 is 2.35 bits per heavy atom. The molecule has 17 heavy (non-hydrogen) atoms. The zero-order valence-corrected chi connectivity index (χ0v) is 10.2. The highest BCUT2D eigenvalue weighted by Crippen LogP contribution is 2.28. The summed E-state index contributed by atoms with van der Waals surface area (Å²) < 4.78 is 5.74. The molecular weight excluding hydrogens is 212 g/mol. The van der Waals surface area contributed by atoms with E-state index in [2.05, 4.69) is 16.4 Å². The van der Waals surface area contributed by atoms with Crippen molar-refractivity contribution in [1.29, 1.82) is 0 Å². The molecule has 1 aliphatic heterocycles. The fourth-order valence-corrected chi connectivity index (χ4v) is 2.85. The third-order valence-corrected chi connectivity index (χ3v) is 3.82. The summed E-state index contributed by atoms with van der Waals surface area (Å²) in [5.41, 5.74) is 2.66. The normalized spacial score (nSPS) is 28.0. The minimum Gasteiger partial charge on any atom is -0.377 e. The summed E-state index contributed by atoms with van der Waals surface area (Å²) in [4.78, 5) is 4.50. The summed E-state index contributed by atoms with van der Waals surface area (Å²) in [5.74, 6) is 0. The highest BCUT2D eigenvalue weighted by atomic mass is 16.5. The molecule has 0 spiro atoms. The van der Waals surface area contributed by atoms with Gasteiger partial charge in [0.2, 0.25) is 0 Å². The van der Waals surface area contributed by atoms with Gasteiger partial charge in [-0.2, -0.15) is 0 Å². The molecule has 3 nitrogen and oxygen atoms in total. The topological polar surface area (TPSA) is 34.2 Å². The van der Waals surface area contributed by atoms with E-state index in [-0.39, 0.29) is 0 Å². The largest absolute Gasteiger partial charge is 0.377 e. The van der Waals surface area contributed by atoms with Crippen molar-refractivity contribution < 1.29 is 4.74 Å². The van der Waals surface area contributed by atoms with Gasteiger partial charge in [-0.15, -0.1) is 0 Å². The van der Waals surface area contributed by atoms with E-state index in [4.69, 9.17) is 4.74 Å². The molecule has 3 heteroatoms. The highest BCUT2D eigenvalue weighted by molar-refractivity contribution is 5.27. The maximum Gasteiger partial charge on any atom is 0.0699 e. The summed E-state index contributed by atoms with van der Waals surface area (Å²) in [5, 5.41) is 3.62. The van der Waals surface area contributed by atoms with Gasteiger partial charge in [0, 0.05) is 19.3 Å². The number of nitrogens with zero attached hydrogens (tertiary/aromatic N) is 1. The minimum absolute atomic E-state index is 0.413. The number of ether oxygens (including phenoxy) is 1. The van der Waals surface area contributed by atoms with Gasteiger partial charge >= 0.3 is 0 Å². The van der Waals surface area contributed by atoms with Crippen LogP contribution in [0.3, 0.4) is 0 Å². The first kappa shape index (κ1) is 11.2. The summed E-state index contributed by atoms with van der Waals surface area (Å²) in [7, 11) is 0. The van der Waals surface area contributed by atoms with E-state index in [0.717, 1.165) is 19.6 Å². The molecule has 2 atom stereocenters. The molecule has 2 unspecified atom stereocenters. The molecule has 92 valence electrons. The second-order valence-electron chi connectivity index (χ2n) is 5.04. The van der Waals surface area contributed by atoms with Crippen LogP contribution in [0.2, 0.25) is 0 Å². The van der Waals surface area contributed by atoms with Crippen molar-refractivity contribution in [2.75, 3.05) is 13.2 Å². The molecule has 1 saturated heterocycles. The van der Waals surface area contributed by atoms with Crippen molar-refractivity contribution in [3.8, 4) is 0 Å². The maximum atomic E-state index is 5.74. The summed E-state index contributed by atoms with van der Waals surface area (Å²) in [6, 6.07) is 4.67. The van der Waals surface area contributed by atoms with Crippen LogP contribution in [0, 0.1) is 0 Å². The van der Waals surface area contributed by atoms with E-state index < -0.39 is 0 Å². The molecular formula is C14H20N2O. The molecule has 2 heterocycles. The monoisotopic (exact) mass is 232 g/mol. The summed E-state index contributed by atoms with van der Waals surface area (Å²) in [6.45, 7) is 1.91. The Hall–Kier alpha value is -0.930. The Morgan fingerprint density at radius 1 is 1.35 bits per heavy atom. The summed E-state index contributed by atoms with van der Waals surface area (Å²) in [6.07, 6.45) is 8.39. The second kappa shape index (κ2) is 5.15. The predicted octanol–water partition coefficient (Wildman–Crippen LogP) is 2.23. The van der Waals surface area contributed by atoms with Crippen molar-refractivity contribution in [1.82, 2.24) is 10.3 Å². The first-order valence-corrected chi connectivity index (χ1v) is 6.72. The quantitative estimate of drug-likeness (QED) is 0.867. The Balaban J connectivity index is 1.56. The molecule has 0 saturated carbocycles. The molecule has 0 bridgehead atoms. The molecule has 0 amide bonds. The van der Waals surface area contributed by atoms with Crippen LogP contribution in [0.15, 0.2) is 18.3 Å². The van der Waals surface area contributed by atoms with Gasteiger partial charge in [-0.25, -0.2) is 0 Å². The number of hydrogen-bond acceptors (Lipinski definition) is 3. The van der Waals surface area contributed by atoms with Gasteiger partial charge in [0.05, 0.1) is 17.8 Å². The zero-order chi connectivity index (χ0) is 11.5. The Bertz CT molecular complexity index is 374. The SMILES string of the molecule is c1cnc2c(c1)CCC2NCC1CCCCO1. The van der Waals surface area contributed by atoms with E-state index in [1.54, 1.807) is 0 Å². The van der Waals surface area contributed by atoms with Crippen molar-refractivity contribution in [2.24, 2.45) is 0 Å². The molecule has 1 aliphatic carbocycles. The number of fused-ring (bicyclic) bond motifs is 1. The first-order chi connectivity index (χ1) is 8.43. The number of nitrogens with one attached hydrogen (secondary N) is 1. The first-order valence-electron chi connectivity index (χ1n) is 6.72. The lowest BCUT2D eigenvalue weighted by Gasteiger charge is -2.24. The van der Waals surface area contributed by atoms with E-state index in [9.17, 15) is 0 Å². The Labute approximate surface area is 103 Å². The number of rotatable bonds is 3. The Morgan fingerprint density at radius 3 is 3.24 bits per heavy atom. The Kier molecular flexibility index (Phi) is 3.39. The van der Waals surface area contributed by atoms with Crippen LogP contribution in [0.25, 0.3) is 0 Å². The lowest BCUT2D eigenvalue weighted by Crippen LogP contribution is -2.33. The predicted molar refractivity (Wildman–Crippen MR) is 66.9 cm³/mol. The van der Waals surface area contributed by atoms with Gasteiger partial charge in [0.25, 0.3) is 0 Å². The second-order valence-corrected chi connectivity index (χ2v) is 5.04. The molecule has 1 N–H and O–H groups in total. The van der Waals surface area contributed by atoms with E-state index in [1.165, 1.54) is 36.9 Å². The van der Waals surface area contributed by atoms with Crippen molar-refractivity contribution in [3.05, 3.63) is 29.6 Å². The molecule has 0 radical (unpaired) electrons. The number of aromatic nitrogens is 1. The molecule has 0 aromatic carbocycles. The average Bonchev–Trinajstić information content (AvgIpc) is 2.81. The number of hydrogen-bond donors (Lipinski definition) is 1. The summed E-state index contributed by atoms with van der Waals surface area (Å²) >= 11 is 0. The maximum absolute atomic E-state index is 5.74. The van der Waals surface area contributed by atoms with Gasteiger partial charge in [-0.3, -0.25) is 4.98 Å². The van der Waals surface area contributed by atoms with Crippen LogP contribution in [-0.4, -0.2) is 24.2 Å². The van der Waals surface area contributed by atoms with E-state index in [0.29, 0.717) is 12.1 Å². The lowest BCUT2D eigenvalue weighted by atomic mass is 10.1. The molecule has 1 aromatic rings. The zero-order valence-electron chi connectivity index (χ0n) is 10.2. The van der Waals surface area contributed by atoms with Gasteiger partial charge in [0.15, 0.2) is 0 Å². The van der Waals surface area contributed by atoms with Crippen LogP contribution >= 0.6 is 0 Å². The van der Waals surface area contributed by atoms with Crippen LogP contribution in [0.5, 0.6) is 0 Å². The van der Waals surface area contributed by atoms with Crippen LogP contribution in [-0.2, 0) is 11.2 Å². The average molecular weight is 232 g/mol. The standard InChI is InChI=1S/C14H20N2O/c1-2-9-17-12(5-1)10-16-13-7-6-11-4-3-8-15-14(11)13/h3-4,8,12-13,16H,1-2,5-7,9-10H2. The minimum atomic E-state index is 0.413. The molecule has 2 aliphatic rings. The van der Waals surface area contributed by atoms with Crippen molar-refractivity contribution >= 4 is 0 Å². The molecule has 3 rings (SSSR count). The van der Waals surface area contributed by atoms with Crippen molar-refractivity contribution in [2.45, 2.75) is 44.2 Å². The fraction of sp³-hybridized carbons (Fsp3) is 0.643. The fourth-order valence-electron chi connectivity index (χ4n) is 2.85. The third-order valence-electron chi connectivity index (χ3n) is 3.82. The third kappa shape index (κ3) is 2.50. The molecule has 1 aromatic heterocycles. The lowest BCUT2D eigenvalue weighted by molar-refractivity contribution is 0.0153. The van der Waals surface area contributed by atoms with Crippen molar-refractivity contribution in [3.63, 3.8) is 0 Å². The number of pyridine rings is 1. The van der Waals surface area contributed by atoms with Crippen LogP contribution < -0.4 is 5.32 Å². The van der Waals surface area contributed by atoms with E-state index in [1.807, 2.05) is 12.3 Å². The van der Waals surface area contributed by atoms with Gasteiger partial charge < -0.3 is 10.1 Å². The van der Waals surface area contributed by atoms with Gasteiger partial charge in [-0.05, 0) is 43.7 Å².